The Labute approximate surface area is 182 Å². The van der Waals surface area contributed by atoms with Crippen molar-refractivity contribution in [3.05, 3.63) is 68.9 Å². The van der Waals surface area contributed by atoms with Crippen LogP contribution in [0.25, 0.3) is 11.1 Å². The Hall–Kier alpha value is -3.27. The number of carboxylic acid groups (broad SMARTS) is 1. The monoisotopic (exact) mass is 437 g/mol. The number of ether oxygens (including phenoxy) is 1. The number of fused-ring (bicyclic) bond motifs is 1. The number of halogens is 1. The Kier molecular flexibility index (Phi) is 5.49. The summed E-state index contributed by atoms with van der Waals surface area (Å²) in [5.74, 6) is 1.60. The molecule has 0 saturated carbocycles. The third kappa shape index (κ3) is 3.78. The smallest absolute Gasteiger partial charge is 0.346 e. The molecule has 0 bridgehead atoms. The fourth-order valence-corrected chi connectivity index (χ4v) is 4.89. The van der Waals surface area contributed by atoms with Crippen LogP contribution in [-0.2, 0) is 4.79 Å². The normalized spacial score (nSPS) is 15.1. The summed E-state index contributed by atoms with van der Waals surface area (Å²) < 4.78 is 5.41. The second kappa shape index (κ2) is 8.23. The van der Waals surface area contributed by atoms with E-state index in [2.05, 4.69) is 11.2 Å². The predicted molar refractivity (Wildman–Crippen MR) is 118 cm³/mol. The number of rotatable bonds is 5. The van der Waals surface area contributed by atoms with Crippen LogP contribution in [0, 0.1) is 12.3 Å². The molecule has 1 aliphatic heterocycles. The van der Waals surface area contributed by atoms with Gasteiger partial charge in [-0.3, -0.25) is 4.79 Å². The average Bonchev–Trinajstić information content (AvgIpc) is 3.12. The summed E-state index contributed by atoms with van der Waals surface area (Å²) in [6.07, 6.45) is 5.45. The molecule has 2 aromatic carbocycles. The number of hydrogen-bond donors (Lipinski definition) is 2. The van der Waals surface area contributed by atoms with Gasteiger partial charge in [0, 0.05) is 27.8 Å². The molecule has 2 heterocycles. The Balaban J connectivity index is 1.81. The van der Waals surface area contributed by atoms with E-state index in [9.17, 15) is 14.7 Å². The van der Waals surface area contributed by atoms with Gasteiger partial charge in [0.05, 0.1) is 5.69 Å². The van der Waals surface area contributed by atoms with E-state index in [1.54, 1.807) is 36.4 Å². The van der Waals surface area contributed by atoms with Crippen molar-refractivity contribution in [3.63, 3.8) is 0 Å². The van der Waals surface area contributed by atoms with Crippen molar-refractivity contribution >= 4 is 40.5 Å². The van der Waals surface area contributed by atoms with E-state index in [0.29, 0.717) is 27.6 Å². The molecule has 0 unspecified atom stereocenters. The van der Waals surface area contributed by atoms with Crippen molar-refractivity contribution in [2.75, 3.05) is 11.9 Å². The summed E-state index contributed by atoms with van der Waals surface area (Å²) in [6.45, 7) is 0.173. The molecule has 0 spiro atoms. The van der Waals surface area contributed by atoms with E-state index in [0.717, 1.165) is 10.4 Å². The lowest BCUT2D eigenvalue weighted by Crippen LogP contribution is -2.22. The number of benzene rings is 2. The van der Waals surface area contributed by atoms with Gasteiger partial charge >= 0.3 is 5.97 Å². The lowest BCUT2D eigenvalue weighted by atomic mass is 9.88. The first-order chi connectivity index (χ1) is 14.5. The quantitative estimate of drug-likeness (QED) is 0.534. The zero-order valence-electron chi connectivity index (χ0n) is 15.6. The van der Waals surface area contributed by atoms with E-state index in [1.165, 1.54) is 11.3 Å². The molecule has 4 rings (SSSR count). The van der Waals surface area contributed by atoms with Crippen LogP contribution in [0.5, 0.6) is 5.75 Å². The highest BCUT2D eigenvalue weighted by molar-refractivity contribution is 7.15. The number of anilines is 1. The van der Waals surface area contributed by atoms with Crippen LogP contribution in [0.1, 0.15) is 32.5 Å². The first-order valence-corrected chi connectivity index (χ1v) is 10.3. The Morgan fingerprint density at radius 3 is 2.57 bits per heavy atom. The molecular formula is C23H16ClNO4S. The molecule has 1 atom stereocenters. The number of carbonyl (C=O) groups is 2. The lowest BCUT2D eigenvalue weighted by molar-refractivity contribution is -0.116. The van der Waals surface area contributed by atoms with Gasteiger partial charge in [0.25, 0.3) is 0 Å². The molecule has 5 nitrogen and oxygen atoms in total. The minimum atomic E-state index is -1.04. The lowest BCUT2D eigenvalue weighted by Gasteiger charge is -2.24. The maximum absolute atomic E-state index is 12.5. The topological polar surface area (TPSA) is 75.6 Å². The van der Waals surface area contributed by atoms with Crippen LogP contribution in [0.15, 0.2) is 48.5 Å². The zero-order valence-corrected chi connectivity index (χ0v) is 17.2. The molecule has 1 amide bonds. The van der Waals surface area contributed by atoms with E-state index >= 15 is 0 Å². The number of amides is 1. The fourth-order valence-electron chi connectivity index (χ4n) is 3.52. The first kappa shape index (κ1) is 20.0. The van der Waals surface area contributed by atoms with Gasteiger partial charge in [-0.1, -0.05) is 41.8 Å². The highest BCUT2D eigenvalue weighted by Gasteiger charge is 2.34. The number of thiophene rings is 1. The van der Waals surface area contributed by atoms with Crippen LogP contribution < -0.4 is 10.1 Å². The second-order valence-corrected chi connectivity index (χ2v) is 8.21. The number of terminal acetylenes is 1. The maximum atomic E-state index is 12.5. The van der Waals surface area contributed by atoms with Crippen molar-refractivity contribution in [3.8, 4) is 29.2 Å². The number of hydrogen-bond acceptors (Lipinski definition) is 4. The molecule has 0 aliphatic carbocycles. The van der Waals surface area contributed by atoms with Crippen LogP contribution in [-0.4, -0.2) is 23.6 Å². The van der Waals surface area contributed by atoms with Crippen LogP contribution in [0.3, 0.4) is 0 Å². The van der Waals surface area contributed by atoms with Crippen LogP contribution in [0.2, 0.25) is 5.02 Å². The zero-order chi connectivity index (χ0) is 21.3. The van der Waals surface area contributed by atoms with Gasteiger partial charge < -0.3 is 15.2 Å². The minimum Gasteiger partial charge on any atom is -0.481 e. The summed E-state index contributed by atoms with van der Waals surface area (Å²) in [6, 6.07) is 14.2. The van der Waals surface area contributed by atoms with E-state index in [1.807, 2.05) is 12.1 Å². The molecule has 1 aromatic heterocycles. The molecule has 2 N–H and O–H groups in total. The molecule has 0 radical (unpaired) electrons. The van der Waals surface area contributed by atoms with Gasteiger partial charge in [0.1, 0.15) is 17.2 Å². The predicted octanol–water partition coefficient (Wildman–Crippen LogP) is 5.25. The summed E-state index contributed by atoms with van der Waals surface area (Å²) in [7, 11) is 0. The standard InChI is InChI=1S/C23H16ClNO4S/c1-2-11-29-16-9-5-13(6-10-16)17-12-18(26)25-20-19(14-3-7-15(24)8-4-14)22(23(27)28)30-21(17)20/h1,3-10,17H,11-12H2,(H,25,26)(H,27,28)/t17-/m1/s1. The first-order valence-electron chi connectivity index (χ1n) is 9.10. The van der Waals surface area contributed by atoms with Gasteiger partial charge in [0.15, 0.2) is 0 Å². The van der Waals surface area contributed by atoms with Gasteiger partial charge in [-0.05, 0) is 35.4 Å². The van der Waals surface area contributed by atoms with E-state index in [-0.39, 0.29) is 29.7 Å². The summed E-state index contributed by atoms with van der Waals surface area (Å²) >= 11 is 7.17. The summed E-state index contributed by atoms with van der Waals surface area (Å²) in [5.41, 5.74) is 2.65. The number of aromatic carboxylic acids is 1. The third-order valence-corrected chi connectivity index (χ3v) is 6.38. The number of carbonyl (C=O) groups excluding carboxylic acids is 1. The van der Waals surface area contributed by atoms with Crippen LogP contribution in [0.4, 0.5) is 5.69 Å². The molecule has 0 fully saturated rings. The van der Waals surface area contributed by atoms with Gasteiger partial charge in [-0.2, -0.15) is 0 Å². The minimum absolute atomic E-state index is 0.162. The van der Waals surface area contributed by atoms with E-state index < -0.39 is 5.97 Å². The SMILES string of the molecule is C#CCOc1ccc([C@H]2CC(=O)Nc3c2sc(C(=O)O)c3-c2ccc(Cl)cc2)cc1. The van der Waals surface area contributed by atoms with Crippen molar-refractivity contribution in [1.82, 2.24) is 0 Å². The number of nitrogens with one attached hydrogen (secondary N) is 1. The average molecular weight is 438 g/mol. The summed E-state index contributed by atoms with van der Waals surface area (Å²) in [4.78, 5) is 25.5. The fraction of sp³-hybridized carbons (Fsp3) is 0.130. The number of carboxylic acids is 1. The second-order valence-electron chi connectivity index (χ2n) is 6.72. The Morgan fingerprint density at radius 2 is 1.93 bits per heavy atom. The molecule has 1 aliphatic rings. The highest BCUT2D eigenvalue weighted by atomic mass is 35.5. The largest absolute Gasteiger partial charge is 0.481 e. The Morgan fingerprint density at radius 1 is 1.23 bits per heavy atom. The molecule has 7 heteroatoms. The Bertz CT molecular complexity index is 1160. The highest BCUT2D eigenvalue weighted by Crippen LogP contribution is 2.49. The van der Waals surface area contributed by atoms with Gasteiger partial charge in [-0.25, -0.2) is 4.79 Å². The van der Waals surface area contributed by atoms with Crippen molar-refractivity contribution in [2.45, 2.75) is 12.3 Å². The third-order valence-electron chi connectivity index (χ3n) is 4.84. The molecular weight excluding hydrogens is 422 g/mol. The molecule has 150 valence electrons. The van der Waals surface area contributed by atoms with Crippen LogP contribution >= 0.6 is 22.9 Å². The maximum Gasteiger partial charge on any atom is 0.346 e. The van der Waals surface area contributed by atoms with Crippen molar-refractivity contribution < 1.29 is 19.4 Å². The van der Waals surface area contributed by atoms with Crippen molar-refractivity contribution in [2.24, 2.45) is 0 Å². The van der Waals surface area contributed by atoms with Crippen molar-refractivity contribution in [1.29, 1.82) is 0 Å². The van der Waals surface area contributed by atoms with Gasteiger partial charge in [0.2, 0.25) is 5.91 Å². The van der Waals surface area contributed by atoms with E-state index in [4.69, 9.17) is 22.8 Å². The molecule has 0 saturated heterocycles. The summed E-state index contributed by atoms with van der Waals surface area (Å²) in [5, 5.41) is 13.2. The van der Waals surface area contributed by atoms with Gasteiger partial charge in [-0.15, -0.1) is 17.8 Å². The molecule has 3 aromatic rings. The molecule has 30 heavy (non-hydrogen) atoms.